The average molecular weight is 402 g/mol. The van der Waals surface area contributed by atoms with Gasteiger partial charge in [0.15, 0.2) is 0 Å². The second-order valence-electron chi connectivity index (χ2n) is 8.17. The van der Waals surface area contributed by atoms with Gasteiger partial charge in [-0.1, -0.05) is 35.9 Å². The monoisotopic (exact) mass is 402 g/mol. The number of carbonyl (C=O) groups excluding carboxylic acids is 1. The second-order valence-corrected chi connectivity index (χ2v) is 8.17. The molecule has 2 aliphatic rings. The zero-order chi connectivity index (χ0) is 20.8. The highest BCUT2D eigenvalue weighted by atomic mass is 19.4. The van der Waals surface area contributed by atoms with Crippen molar-refractivity contribution in [2.24, 2.45) is 5.92 Å². The van der Waals surface area contributed by atoms with Crippen molar-refractivity contribution in [2.75, 3.05) is 31.1 Å². The minimum absolute atomic E-state index is 0.0412. The van der Waals surface area contributed by atoms with Crippen LogP contribution in [0.15, 0.2) is 42.5 Å². The fourth-order valence-electron chi connectivity index (χ4n) is 4.18. The molecule has 3 nitrogen and oxygen atoms in total. The lowest BCUT2D eigenvalue weighted by molar-refractivity contribution is -0.137. The molecular weight excluding hydrogens is 377 g/mol. The minimum Gasteiger partial charge on any atom is -0.368 e. The molecule has 4 rings (SSSR count). The molecule has 2 atom stereocenters. The number of rotatable bonds is 3. The molecule has 1 aliphatic heterocycles. The van der Waals surface area contributed by atoms with Gasteiger partial charge in [-0.05, 0) is 49.4 Å². The van der Waals surface area contributed by atoms with Gasteiger partial charge in [0.25, 0.3) is 0 Å². The van der Waals surface area contributed by atoms with Crippen molar-refractivity contribution in [1.29, 1.82) is 0 Å². The Morgan fingerprint density at radius 2 is 1.62 bits per heavy atom. The Labute approximate surface area is 169 Å². The first-order valence-corrected chi connectivity index (χ1v) is 10.0. The third kappa shape index (κ3) is 4.11. The van der Waals surface area contributed by atoms with E-state index in [2.05, 4.69) is 24.3 Å². The van der Waals surface area contributed by atoms with Gasteiger partial charge in [0.05, 0.1) is 5.56 Å². The minimum atomic E-state index is -4.35. The molecule has 29 heavy (non-hydrogen) atoms. The molecule has 2 fully saturated rings. The smallest absolute Gasteiger partial charge is 0.368 e. The summed E-state index contributed by atoms with van der Waals surface area (Å²) in [6, 6.07) is 12.2. The Hall–Kier alpha value is -2.50. The van der Waals surface area contributed by atoms with Crippen molar-refractivity contribution < 1.29 is 18.0 Å². The molecule has 6 heteroatoms. The van der Waals surface area contributed by atoms with Crippen LogP contribution >= 0.6 is 0 Å². The topological polar surface area (TPSA) is 23.6 Å². The normalized spacial score (nSPS) is 22.0. The highest BCUT2D eigenvalue weighted by Gasteiger charge is 2.46. The Kier molecular flexibility index (Phi) is 5.05. The first-order valence-electron chi connectivity index (χ1n) is 10.0. The van der Waals surface area contributed by atoms with Crippen LogP contribution in [0, 0.1) is 19.8 Å². The van der Waals surface area contributed by atoms with Crippen LogP contribution in [0.5, 0.6) is 0 Å². The summed E-state index contributed by atoms with van der Waals surface area (Å²) in [5, 5.41) is 0. The zero-order valence-corrected chi connectivity index (χ0v) is 16.7. The number of hydrogen-bond acceptors (Lipinski definition) is 2. The molecule has 0 N–H and O–H groups in total. The van der Waals surface area contributed by atoms with Gasteiger partial charge in [0.1, 0.15) is 0 Å². The van der Waals surface area contributed by atoms with Crippen LogP contribution in [0.3, 0.4) is 0 Å². The van der Waals surface area contributed by atoms with E-state index in [1.165, 1.54) is 23.3 Å². The van der Waals surface area contributed by atoms with Crippen molar-refractivity contribution in [1.82, 2.24) is 4.90 Å². The SMILES string of the molecule is Cc1ccc([C@H]2C[C@H]2C(=O)N2CCN(c3cc(C(F)(F)F)ccc3C)CC2)cc1. The molecule has 2 aromatic rings. The highest BCUT2D eigenvalue weighted by Crippen LogP contribution is 2.48. The predicted molar refractivity (Wildman–Crippen MR) is 107 cm³/mol. The summed E-state index contributed by atoms with van der Waals surface area (Å²) in [4.78, 5) is 16.7. The van der Waals surface area contributed by atoms with Crippen LogP contribution in [0.1, 0.15) is 34.6 Å². The van der Waals surface area contributed by atoms with Gasteiger partial charge in [0, 0.05) is 37.8 Å². The summed E-state index contributed by atoms with van der Waals surface area (Å²) >= 11 is 0. The van der Waals surface area contributed by atoms with E-state index in [4.69, 9.17) is 0 Å². The van der Waals surface area contributed by atoms with E-state index < -0.39 is 11.7 Å². The van der Waals surface area contributed by atoms with Crippen molar-refractivity contribution >= 4 is 11.6 Å². The van der Waals surface area contributed by atoms with Gasteiger partial charge >= 0.3 is 6.18 Å². The van der Waals surface area contributed by atoms with E-state index in [0.717, 1.165) is 18.1 Å². The van der Waals surface area contributed by atoms with E-state index in [1.54, 1.807) is 0 Å². The lowest BCUT2D eigenvalue weighted by Gasteiger charge is -2.37. The number of alkyl halides is 3. The third-order valence-electron chi connectivity index (χ3n) is 6.08. The maximum absolute atomic E-state index is 13.1. The number of amides is 1. The number of benzene rings is 2. The van der Waals surface area contributed by atoms with Gasteiger partial charge in [-0.2, -0.15) is 13.2 Å². The first kappa shape index (κ1) is 19.8. The molecule has 0 unspecified atom stereocenters. The van der Waals surface area contributed by atoms with Crippen LogP contribution in [0.4, 0.5) is 18.9 Å². The molecule has 2 aromatic carbocycles. The summed E-state index contributed by atoms with van der Waals surface area (Å²) in [5.41, 5.74) is 3.22. The van der Waals surface area contributed by atoms with Gasteiger partial charge in [-0.15, -0.1) is 0 Å². The van der Waals surface area contributed by atoms with Crippen LogP contribution in [-0.4, -0.2) is 37.0 Å². The molecule has 0 radical (unpaired) electrons. The van der Waals surface area contributed by atoms with E-state index >= 15 is 0 Å². The van der Waals surface area contributed by atoms with Gasteiger partial charge in [0.2, 0.25) is 5.91 Å². The molecule has 0 spiro atoms. The maximum atomic E-state index is 13.1. The number of piperazine rings is 1. The quantitative estimate of drug-likeness (QED) is 0.738. The Bertz CT molecular complexity index is 899. The standard InChI is InChI=1S/C23H25F3N2O/c1-15-3-6-17(7-4-15)19-14-20(19)22(29)28-11-9-27(10-12-28)21-13-18(23(24,25)26)8-5-16(21)2/h3-8,13,19-20H,9-12,14H2,1-2H3/t19-,20-/m1/s1. The van der Waals surface area contributed by atoms with Gasteiger partial charge in [-0.25, -0.2) is 0 Å². The number of halogens is 3. The summed E-state index contributed by atoms with van der Waals surface area (Å²) in [6.45, 7) is 6.07. The molecular formula is C23H25F3N2O. The van der Waals surface area contributed by atoms with Crippen molar-refractivity contribution in [3.05, 3.63) is 64.7 Å². The van der Waals surface area contributed by atoms with Crippen LogP contribution < -0.4 is 4.90 Å². The van der Waals surface area contributed by atoms with E-state index in [9.17, 15) is 18.0 Å². The Balaban J connectivity index is 1.38. The fraction of sp³-hybridized carbons (Fsp3) is 0.435. The number of aryl methyl sites for hydroxylation is 2. The lowest BCUT2D eigenvalue weighted by atomic mass is 10.1. The lowest BCUT2D eigenvalue weighted by Crippen LogP contribution is -2.49. The maximum Gasteiger partial charge on any atom is 0.416 e. The third-order valence-corrected chi connectivity index (χ3v) is 6.08. The zero-order valence-electron chi connectivity index (χ0n) is 16.7. The molecule has 1 saturated carbocycles. The number of nitrogens with zero attached hydrogens (tertiary/aromatic N) is 2. The highest BCUT2D eigenvalue weighted by molar-refractivity contribution is 5.83. The van der Waals surface area contributed by atoms with E-state index in [-0.39, 0.29) is 11.8 Å². The van der Waals surface area contributed by atoms with Crippen molar-refractivity contribution in [3.8, 4) is 0 Å². The average Bonchev–Trinajstić information content (AvgIpc) is 3.48. The van der Waals surface area contributed by atoms with E-state index in [1.807, 2.05) is 23.6 Å². The predicted octanol–water partition coefficient (Wildman–Crippen LogP) is 4.77. The van der Waals surface area contributed by atoms with Gasteiger partial charge < -0.3 is 9.80 Å². The second kappa shape index (κ2) is 7.39. The summed E-state index contributed by atoms with van der Waals surface area (Å²) in [6.07, 6.45) is -3.47. The Morgan fingerprint density at radius 1 is 0.966 bits per heavy atom. The molecule has 1 amide bonds. The number of carbonyl (C=O) groups is 1. The van der Waals surface area contributed by atoms with Crippen LogP contribution in [0.2, 0.25) is 0 Å². The molecule has 154 valence electrons. The largest absolute Gasteiger partial charge is 0.416 e. The van der Waals surface area contributed by atoms with Crippen molar-refractivity contribution in [2.45, 2.75) is 32.4 Å². The summed E-state index contributed by atoms with van der Waals surface area (Å²) in [5.74, 6) is 0.516. The Morgan fingerprint density at radius 3 is 2.24 bits per heavy atom. The van der Waals surface area contributed by atoms with Crippen molar-refractivity contribution in [3.63, 3.8) is 0 Å². The fourth-order valence-corrected chi connectivity index (χ4v) is 4.18. The molecule has 1 saturated heterocycles. The number of anilines is 1. The first-order chi connectivity index (χ1) is 13.7. The molecule has 1 aliphatic carbocycles. The summed E-state index contributed by atoms with van der Waals surface area (Å²) in [7, 11) is 0. The van der Waals surface area contributed by atoms with Crippen LogP contribution in [0.25, 0.3) is 0 Å². The van der Waals surface area contributed by atoms with Gasteiger partial charge in [-0.3, -0.25) is 4.79 Å². The molecule has 1 heterocycles. The van der Waals surface area contributed by atoms with Crippen LogP contribution in [-0.2, 0) is 11.0 Å². The van der Waals surface area contributed by atoms with E-state index in [0.29, 0.717) is 37.8 Å². The summed E-state index contributed by atoms with van der Waals surface area (Å²) < 4.78 is 39.2. The molecule has 0 bridgehead atoms. The number of hydrogen-bond donors (Lipinski definition) is 0. The molecule has 0 aromatic heterocycles.